The Kier molecular flexibility index (Phi) is 5.40. The molecule has 1 saturated heterocycles. The van der Waals surface area contributed by atoms with Gasteiger partial charge >= 0.3 is 0 Å². The summed E-state index contributed by atoms with van der Waals surface area (Å²) < 4.78 is 2.07. The highest BCUT2D eigenvalue weighted by atomic mass is 15.3. The molecule has 1 aromatic heterocycles. The molecule has 4 nitrogen and oxygen atoms in total. The van der Waals surface area contributed by atoms with Gasteiger partial charge in [-0.25, -0.2) is 0 Å². The van der Waals surface area contributed by atoms with Crippen molar-refractivity contribution in [2.24, 2.45) is 5.92 Å². The number of hydrogen-bond donors (Lipinski definition) is 1. The lowest BCUT2D eigenvalue weighted by molar-refractivity contribution is 0.206. The second-order valence-electron chi connectivity index (χ2n) is 5.95. The highest BCUT2D eigenvalue weighted by Gasteiger charge is 2.16. The van der Waals surface area contributed by atoms with Crippen LogP contribution in [-0.4, -0.2) is 41.4 Å². The molecule has 2 unspecified atom stereocenters. The third kappa shape index (κ3) is 4.32. The van der Waals surface area contributed by atoms with Crippen molar-refractivity contribution in [1.29, 1.82) is 0 Å². The molecule has 2 rings (SSSR count). The standard InChI is InChI=1S/C15H28N4/c1-4-13(2)19-9-7-15(17-19)11-16-10-14-6-5-8-18(3)12-14/h7,9,13-14,16H,4-6,8,10-12H2,1-3H3. The van der Waals surface area contributed by atoms with Crippen molar-refractivity contribution in [2.75, 3.05) is 26.7 Å². The Hall–Kier alpha value is -0.870. The normalized spacial score (nSPS) is 22.6. The zero-order valence-corrected chi connectivity index (χ0v) is 12.6. The second kappa shape index (κ2) is 7.06. The lowest BCUT2D eigenvalue weighted by Crippen LogP contribution is -2.37. The molecule has 1 aliphatic rings. The lowest BCUT2D eigenvalue weighted by atomic mass is 9.98. The molecule has 0 aliphatic carbocycles. The maximum atomic E-state index is 4.62. The highest BCUT2D eigenvalue weighted by molar-refractivity contribution is 4.99. The number of nitrogens with one attached hydrogen (secondary N) is 1. The number of piperidine rings is 1. The Morgan fingerprint density at radius 1 is 1.53 bits per heavy atom. The first-order valence-corrected chi connectivity index (χ1v) is 7.62. The Bertz CT molecular complexity index is 374. The minimum atomic E-state index is 0.501. The van der Waals surface area contributed by atoms with Crippen LogP contribution in [0.15, 0.2) is 12.3 Å². The minimum Gasteiger partial charge on any atom is -0.311 e. The summed E-state index contributed by atoms with van der Waals surface area (Å²) in [5.41, 5.74) is 1.16. The van der Waals surface area contributed by atoms with Gasteiger partial charge in [-0.2, -0.15) is 5.10 Å². The number of nitrogens with zero attached hydrogens (tertiary/aromatic N) is 3. The SMILES string of the molecule is CCC(C)n1ccc(CNCC2CCCN(C)C2)n1. The second-order valence-corrected chi connectivity index (χ2v) is 5.95. The van der Waals surface area contributed by atoms with Crippen LogP contribution in [0.25, 0.3) is 0 Å². The van der Waals surface area contributed by atoms with Crippen molar-refractivity contribution >= 4 is 0 Å². The Morgan fingerprint density at radius 2 is 2.37 bits per heavy atom. The lowest BCUT2D eigenvalue weighted by Gasteiger charge is -2.29. The van der Waals surface area contributed by atoms with Gasteiger partial charge in [0.1, 0.15) is 0 Å². The average molecular weight is 264 g/mol. The van der Waals surface area contributed by atoms with Crippen molar-refractivity contribution in [3.05, 3.63) is 18.0 Å². The van der Waals surface area contributed by atoms with E-state index in [1.807, 2.05) is 0 Å². The first-order valence-electron chi connectivity index (χ1n) is 7.62. The minimum absolute atomic E-state index is 0.501. The van der Waals surface area contributed by atoms with Gasteiger partial charge in [0.15, 0.2) is 0 Å². The molecule has 2 atom stereocenters. The number of likely N-dealkylation sites (tertiary alicyclic amines) is 1. The maximum Gasteiger partial charge on any atom is 0.0762 e. The van der Waals surface area contributed by atoms with Gasteiger partial charge in [0.2, 0.25) is 0 Å². The van der Waals surface area contributed by atoms with Gasteiger partial charge in [-0.15, -0.1) is 0 Å². The van der Waals surface area contributed by atoms with Gasteiger partial charge in [0.25, 0.3) is 0 Å². The van der Waals surface area contributed by atoms with Gasteiger partial charge in [-0.3, -0.25) is 4.68 Å². The van der Waals surface area contributed by atoms with Crippen molar-refractivity contribution in [3.8, 4) is 0 Å². The summed E-state index contributed by atoms with van der Waals surface area (Å²) in [7, 11) is 2.22. The van der Waals surface area contributed by atoms with E-state index in [2.05, 4.69) is 53.2 Å². The molecule has 108 valence electrons. The van der Waals surface area contributed by atoms with Crippen molar-refractivity contribution in [3.63, 3.8) is 0 Å². The van der Waals surface area contributed by atoms with Gasteiger partial charge in [-0.1, -0.05) is 6.92 Å². The van der Waals surface area contributed by atoms with Gasteiger partial charge in [0.05, 0.1) is 5.69 Å². The van der Waals surface area contributed by atoms with Crippen LogP contribution in [0.4, 0.5) is 0 Å². The number of rotatable bonds is 6. The third-order valence-electron chi connectivity index (χ3n) is 4.17. The number of aromatic nitrogens is 2. The highest BCUT2D eigenvalue weighted by Crippen LogP contribution is 2.14. The number of hydrogen-bond acceptors (Lipinski definition) is 3. The zero-order valence-electron chi connectivity index (χ0n) is 12.6. The fraction of sp³-hybridized carbons (Fsp3) is 0.800. The van der Waals surface area contributed by atoms with E-state index in [1.54, 1.807) is 0 Å². The molecule has 1 aromatic rings. The summed E-state index contributed by atoms with van der Waals surface area (Å²) in [5.74, 6) is 0.801. The first kappa shape index (κ1) is 14.5. The predicted octanol–water partition coefficient (Wildman–Crippen LogP) is 2.29. The average Bonchev–Trinajstić information content (AvgIpc) is 2.87. The van der Waals surface area contributed by atoms with E-state index >= 15 is 0 Å². The third-order valence-corrected chi connectivity index (χ3v) is 4.17. The molecule has 1 aliphatic heterocycles. The van der Waals surface area contributed by atoms with Crippen molar-refractivity contribution in [2.45, 2.75) is 45.7 Å². The molecule has 0 spiro atoms. The molecule has 4 heteroatoms. The van der Waals surface area contributed by atoms with Crippen LogP contribution in [0.1, 0.15) is 44.8 Å². The van der Waals surface area contributed by atoms with Gasteiger partial charge in [-0.05, 0) is 58.3 Å². The van der Waals surface area contributed by atoms with Crippen LogP contribution >= 0.6 is 0 Å². The Balaban J connectivity index is 1.72. The van der Waals surface area contributed by atoms with Crippen LogP contribution in [0.5, 0.6) is 0 Å². The molecular weight excluding hydrogens is 236 g/mol. The van der Waals surface area contributed by atoms with E-state index < -0.39 is 0 Å². The van der Waals surface area contributed by atoms with Crippen LogP contribution in [-0.2, 0) is 6.54 Å². The first-order chi connectivity index (χ1) is 9.19. The summed E-state index contributed by atoms with van der Waals surface area (Å²) in [4.78, 5) is 2.44. The largest absolute Gasteiger partial charge is 0.311 e. The smallest absolute Gasteiger partial charge is 0.0762 e. The summed E-state index contributed by atoms with van der Waals surface area (Å²) in [6.45, 7) is 8.90. The molecule has 0 saturated carbocycles. The van der Waals surface area contributed by atoms with E-state index in [1.165, 1.54) is 25.9 Å². The maximum absolute atomic E-state index is 4.62. The zero-order chi connectivity index (χ0) is 13.7. The fourth-order valence-electron chi connectivity index (χ4n) is 2.75. The fourth-order valence-corrected chi connectivity index (χ4v) is 2.75. The summed E-state index contributed by atoms with van der Waals surface area (Å²) in [5, 5.41) is 8.18. The van der Waals surface area contributed by atoms with E-state index in [4.69, 9.17) is 0 Å². The Labute approximate surface area is 117 Å². The van der Waals surface area contributed by atoms with Gasteiger partial charge in [0, 0.05) is 25.3 Å². The quantitative estimate of drug-likeness (QED) is 0.856. The van der Waals surface area contributed by atoms with E-state index in [0.29, 0.717) is 6.04 Å². The Morgan fingerprint density at radius 3 is 3.11 bits per heavy atom. The molecule has 1 fully saturated rings. The topological polar surface area (TPSA) is 33.1 Å². The summed E-state index contributed by atoms with van der Waals surface area (Å²) >= 11 is 0. The van der Waals surface area contributed by atoms with E-state index in [-0.39, 0.29) is 0 Å². The van der Waals surface area contributed by atoms with Crippen molar-refractivity contribution < 1.29 is 0 Å². The van der Waals surface area contributed by atoms with Crippen molar-refractivity contribution in [1.82, 2.24) is 20.0 Å². The molecule has 0 amide bonds. The summed E-state index contributed by atoms with van der Waals surface area (Å²) in [6, 6.07) is 2.63. The van der Waals surface area contributed by atoms with Crippen LogP contribution in [0.3, 0.4) is 0 Å². The molecule has 2 heterocycles. The van der Waals surface area contributed by atoms with Crippen LogP contribution in [0, 0.1) is 5.92 Å². The summed E-state index contributed by atoms with van der Waals surface area (Å²) in [6.07, 6.45) is 5.92. The van der Waals surface area contributed by atoms with Crippen LogP contribution < -0.4 is 5.32 Å². The molecular formula is C15H28N4. The monoisotopic (exact) mass is 264 g/mol. The van der Waals surface area contributed by atoms with E-state index in [0.717, 1.165) is 31.1 Å². The van der Waals surface area contributed by atoms with Gasteiger partial charge < -0.3 is 10.2 Å². The molecule has 0 bridgehead atoms. The molecule has 0 aromatic carbocycles. The molecule has 1 N–H and O–H groups in total. The molecule has 0 radical (unpaired) electrons. The predicted molar refractivity (Wildman–Crippen MR) is 79.2 cm³/mol. The van der Waals surface area contributed by atoms with E-state index in [9.17, 15) is 0 Å². The van der Waals surface area contributed by atoms with Crippen LogP contribution in [0.2, 0.25) is 0 Å². The molecule has 19 heavy (non-hydrogen) atoms.